The minimum Gasteiger partial charge on any atom is -0.468 e. The Morgan fingerprint density at radius 3 is 2.12 bits per heavy atom. The van der Waals surface area contributed by atoms with Gasteiger partial charge in [-0.05, 0) is 0 Å². The molecule has 0 saturated heterocycles. The Balaban J connectivity index is 4.48. The zero-order chi connectivity index (χ0) is 13.0. The van der Waals surface area contributed by atoms with Crippen LogP contribution in [0.25, 0.3) is 0 Å². The van der Waals surface area contributed by atoms with Crippen molar-refractivity contribution in [1.82, 2.24) is 4.31 Å². The second-order valence-corrected chi connectivity index (χ2v) is 7.62. The molecule has 0 N–H and O–H groups in total. The van der Waals surface area contributed by atoms with Crippen LogP contribution in [0, 0.1) is 0 Å². The van der Waals surface area contributed by atoms with Gasteiger partial charge in [-0.1, -0.05) is 0 Å². The number of ether oxygens (including phenoxy) is 1. The summed E-state index contributed by atoms with van der Waals surface area (Å²) >= 11 is 0. The van der Waals surface area contributed by atoms with E-state index in [2.05, 4.69) is 4.74 Å². The lowest BCUT2D eigenvalue weighted by molar-refractivity contribution is -0.137. The summed E-state index contributed by atoms with van der Waals surface area (Å²) < 4.78 is 49.6. The number of carbonyl (C=O) groups excluding carboxylic acids is 1. The smallest absolute Gasteiger partial charge is 0.322 e. The predicted octanol–water partition coefficient (Wildman–Crippen LogP) is -1.53. The van der Waals surface area contributed by atoms with Crippen LogP contribution in [0.1, 0.15) is 0 Å². The molecular weight excluding hydrogens is 258 g/mol. The number of methoxy groups -OCH3 is 1. The predicted molar refractivity (Wildman–Crippen MR) is 58.1 cm³/mol. The van der Waals surface area contributed by atoms with E-state index < -0.39 is 31.6 Å². The number of esters is 1. The van der Waals surface area contributed by atoms with Crippen LogP contribution in [0.2, 0.25) is 0 Å². The number of rotatable bonds is 6. The second kappa shape index (κ2) is 5.60. The van der Waals surface area contributed by atoms with Crippen LogP contribution >= 0.6 is 0 Å². The maximum Gasteiger partial charge on any atom is 0.322 e. The molecule has 0 saturated carbocycles. The highest BCUT2D eigenvalue weighted by molar-refractivity contribution is 7.91. The lowest BCUT2D eigenvalue weighted by atomic mass is 10.8. The van der Waals surface area contributed by atoms with Crippen molar-refractivity contribution in [2.75, 3.05) is 38.5 Å². The SMILES string of the molecule is COC(=O)CS(=O)(=O)N(C)CCS(C)(=O)=O. The van der Waals surface area contributed by atoms with Crippen LogP contribution < -0.4 is 0 Å². The van der Waals surface area contributed by atoms with Crippen molar-refractivity contribution in [3.05, 3.63) is 0 Å². The number of sulfone groups is 1. The van der Waals surface area contributed by atoms with Gasteiger partial charge in [0.25, 0.3) is 0 Å². The Kier molecular flexibility index (Phi) is 5.36. The molecule has 0 aromatic rings. The Bertz CT molecular complexity index is 437. The van der Waals surface area contributed by atoms with E-state index in [1.807, 2.05) is 0 Å². The molecule has 0 aromatic heterocycles. The zero-order valence-corrected chi connectivity index (χ0v) is 11.0. The quantitative estimate of drug-likeness (QED) is 0.544. The van der Waals surface area contributed by atoms with Gasteiger partial charge in [0.05, 0.1) is 12.9 Å². The summed E-state index contributed by atoms with van der Waals surface area (Å²) in [5.74, 6) is -1.96. The first-order valence-corrected chi connectivity index (χ1v) is 7.94. The van der Waals surface area contributed by atoms with Crippen LogP contribution in [0.4, 0.5) is 0 Å². The molecule has 96 valence electrons. The summed E-state index contributed by atoms with van der Waals surface area (Å²) in [6.07, 6.45) is 1.01. The number of nitrogens with zero attached hydrogens (tertiary/aromatic N) is 1. The summed E-state index contributed by atoms with van der Waals surface area (Å²) in [4.78, 5) is 10.8. The van der Waals surface area contributed by atoms with E-state index in [0.29, 0.717) is 0 Å². The third-order valence-electron chi connectivity index (χ3n) is 1.78. The average Bonchev–Trinajstić information content (AvgIpc) is 2.11. The lowest BCUT2D eigenvalue weighted by Crippen LogP contribution is -2.35. The fourth-order valence-corrected chi connectivity index (χ4v) is 2.48. The van der Waals surface area contributed by atoms with Gasteiger partial charge < -0.3 is 4.74 Å². The van der Waals surface area contributed by atoms with Crippen LogP contribution in [-0.4, -0.2) is 65.6 Å². The number of carbonyl (C=O) groups is 1. The van der Waals surface area contributed by atoms with Gasteiger partial charge in [0.1, 0.15) is 9.84 Å². The van der Waals surface area contributed by atoms with E-state index in [1.165, 1.54) is 7.05 Å². The van der Waals surface area contributed by atoms with Gasteiger partial charge in [-0.15, -0.1) is 0 Å². The van der Waals surface area contributed by atoms with Crippen molar-refractivity contribution in [3.8, 4) is 0 Å². The Labute approximate surface area is 95.3 Å². The molecule has 0 aliphatic heterocycles. The molecule has 0 unspecified atom stereocenters. The third kappa shape index (κ3) is 6.03. The largest absolute Gasteiger partial charge is 0.468 e. The Hall–Kier alpha value is -0.670. The van der Waals surface area contributed by atoms with Crippen molar-refractivity contribution >= 4 is 25.8 Å². The molecular formula is C7H15NO6S2. The van der Waals surface area contributed by atoms with E-state index >= 15 is 0 Å². The Morgan fingerprint density at radius 1 is 1.25 bits per heavy atom. The normalized spacial score (nSPS) is 12.8. The molecule has 0 radical (unpaired) electrons. The van der Waals surface area contributed by atoms with Gasteiger partial charge in [0, 0.05) is 19.8 Å². The van der Waals surface area contributed by atoms with E-state index in [4.69, 9.17) is 0 Å². The van der Waals surface area contributed by atoms with Crippen molar-refractivity contribution in [2.45, 2.75) is 0 Å². The average molecular weight is 273 g/mol. The van der Waals surface area contributed by atoms with E-state index in [0.717, 1.165) is 17.7 Å². The van der Waals surface area contributed by atoms with Gasteiger partial charge in [-0.25, -0.2) is 21.1 Å². The first-order chi connectivity index (χ1) is 7.08. The van der Waals surface area contributed by atoms with E-state index in [1.54, 1.807) is 0 Å². The maximum atomic E-state index is 11.4. The minimum absolute atomic E-state index is 0.182. The number of hydrogen-bond donors (Lipinski definition) is 0. The number of hydrogen-bond acceptors (Lipinski definition) is 6. The van der Waals surface area contributed by atoms with Gasteiger partial charge in [0.15, 0.2) is 5.75 Å². The van der Waals surface area contributed by atoms with Crippen LogP contribution in [0.5, 0.6) is 0 Å². The molecule has 0 aliphatic rings. The first-order valence-electron chi connectivity index (χ1n) is 4.27. The van der Waals surface area contributed by atoms with Gasteiger partial charge in [-0.3, -0.25) is 4.79 Å². The summed E-state index contributed by atoms with van der Waals surface area (Å²) in [5, 5.41) is 0. The molecule has 9 heteroatoms. The topological polar surface area (TPSA) is 97.8 Å². The van der Waals surface area contributed by atoms with Gasteiger partial charge in [-0.2, -0.15) is 0 Å². The third-order valence-corrected chi connectivity index (χ3v) is 4.44. The highest BCUT2D eigenvalue weighted by atomic mass is 32.2. The fourth-order valence-electron chi connectivity index (χ4n) is 0.752. The molecule has 0 heterocycles. The van der Waals surface area contributed by atoms with Crippen molar-refractivity contribution in [2.24, 2.45) is 0 Å². The highest BCUT2D eigenvalue weighted by Gasteiger charge is 2.23. The standard InChI is InChI=1S/C7H15NO6S2/c1-8(4-5-15(3,10)11)16(12,13)6-7(9)14-2/h4-6H2,1-3H3. The highest BCUT2D eigenvalue weighted by Crippen LogP contribution is 1.99. The Morgan fingerprint density at radius 2 is 1.75 bits per heavy atom. The molecule has 7 nitrogen and oxygen atoms in total. The minimum atomic E-state index is -3.80. The summed E-state index contributed by atoms with van der Waals surface area (Å²) in [5.41, 5.74) is 0. The van der Waals surface area contributed by atoms with Crippen molar-refractivity contribution in [1.29, 1.82) is 0 Å². The second-order valence-electron chi connectivity index (χ2n) is 3.28. The molecule has 16 heavy (non-hydrogen) atoms. The molecule has 0 bridgehead atoms. The maximum absolute atomic E-state index is 11.4. The molecule has 0 atom stereocenters. The van der Waals surface area contributed by atoms with Crippen LogP contribution in [0.3, 0.4) is 0 Å². The van der Waals surface area contributed by atoms with E-state index in [9.17, 15) is 21.6 Å². The van der Waals surface area contributed by atoms with E-state index in [-0.39, 0.29) is 12.3 Å². The molecule has 0 fully saturated rings. The van der Waals surface area contributed by atoms with Crippen molar-refractivity contribution in [3.63, 3.8) is 0 Å². The monoisotopic (exact) mass is 273 g/mol. The molecule has 0 spiro atoms. The van der Waals surface area contributed by atoms with Crippen LogP contribution in [0.15, 0.2) is 0 Å². The van der Waals surface area contributed by atoms with Gasteiger partial charge >= 0.3 is 5.97 Å². The molecule has 0 amide bonds. The summed E-state index contributed by atoms with van der Waals surface area (Å²) in [6, 6.07) is 0. The summed E-state index contributed by atoms with van der Waals surface area (Å²) in [7, 11) is -4.75. The first kappa shape index (κ1) is 15.3. The summed E-state index contributed by atoms with van der Waals surface area (Å²) in [6.45, 7) is -0.182. The molecule has 0 rings (SSSR count). The molecule has 0 aliphatic carbocycles. The van der Waals surface area contributed by atoms with Gasteiger partial charge in [0.2, 0.25) is 10.0 Å². The fraction of sp³-hybridized carbons (Fsp3) is 0.857. The lowest BCUT2D eigenvalue weighted by Gasteiger charge is -2.15. The van der Waals surface area contributed by atoms with Crippen molar-refractivity contribution < 1.29 is 26.4 Å². The zero-order valence-electron chi connectivity index (χ0n) is 9.33. The van der Waals surface area contributed by atoms with Crippen LogP contribution in [-0.2, 0) is 29.4 Å². The molecule has 0 aromatic carbocycles. The number of sulfonamides is 1.